The van der Waals surface area contributed by atoms with Crippen molar-refractivity contribution in [3.05, 3.63) is 83.4 Å². The minimum atomic E-state index is -0.297. The molecule has 3 aromatic rings. The topological polar surface area (TPSA) is 0 Å². The lowest BCUT2D eigenvalue weighted by molar-refractivity contribution is 0.627. The predicted molar refractivity (Wildman–Crippen MR) is 82.2 cm³/mol. The standard InChI is InChI=1S/C18H11ClF2/c19-17-3-1-2-16(12-4-8-14(20)9-5-12)18(17)13-6-10-15(21)11-7-13/h1-11H. The van der Waals surface area contributed by atoms with Gasteiger partial charge in [-0.3, -0.25) is 0 Å². The molecule has 104 valence electrons. The van der Waals surface area contributed by atoms with Crippen LogP contribution in [-0.4, -0.2) is 0 Å². The van der Waals surface area contributed by atoms with Crippen LogP contribution in [-0.2, 0) is 0 Å². The van der Waals surface area contributed by atoms with Crippen LogP contribution >= 0.6 is 11.6 Å². The summed E-state index contributed by atoms with van der Waals surface area (Å²) >= 11 is 6.32. The summed E-state index contributed by atoms with van der Waals surface area (Å²) in [5, 5.41) is 0.573. The van der Waals surface area contributed by atoms with Gasteiger partial charge in [-0.2, -0.15) is 0 Å². The first-order valence-electron chi connectivity index (χ1n) is 6.45. The predicted octanol–water partition coefficient (Wildman–Crippen LogP) is 5.95. The van der Waals surface area contributed by atoms with Crippen molar-refractivity contribution in [3.8, 4) is 22.3 Å². The van der Waals surface area contributed by atoms with Crippen molar-refractivity contribution in [2.24, 2.45) is 0 Å². The van der Waals surface area contributed by atoms with Gasteiger partial charge >= 0.3 is 0 Å². The van der Waals surface area contributed by atoms with Gasteiger partial charge in [0.2, 0.25) is 0 Å². The molecule has 3 rings (SSSR count). The zero-order valence-corrected chi connectivity index (χ0v) is 11.7. The Balaban J connectivity index is 2.20. The Hall–Kier alpha value is -2.19. The molecule has 0 saturated carbocycles. The molecule has 0 aliphatic rings. The highest BCUT2D eigenvalue weighted by atomic mass is 35.5. The van der Waals surface area contributed by atoms with Crippen molar-refractivity contribution in [1.82, 2.24) is 0 Å². The summed E-state index contributed by atoms with van der Waals surface area (Å²) in [4.78, 5) is 0. The van der Waals surface area contributed by atoms with Gasteiger partial charge in [0.05, 0.1) is 0 Å². The molecule has 0 radical (unpaired) electrons. The molecule has 0 aromatic heterocycles. The molecule has 0 bridgehead atoms. The average Bonchev–Trinajstić information content (AvgIpc) is 2.49. The highest BCUT2D eigenvalue weighted by molar-refractivity contribution is 6.34. The van der Waals surface area contributed by atoms with Gasteiger partial charge in [0.1, 0.15) is 11.6 Å². The minimum Gasteiger partial charge on any atom is -0.207 e. The second-order valence-corrected chi connectivity index (χ2v) is 5.08. The van der Waals surface area contributed by atoms with Crippen molar-refractivity contribution in [1.29, 1.82) is 0 Å². The fraction of sp³-hybridized carbons (Fsp3) is 0. The summed E-state index contributed by atoms with van der Waals surface area (Å²) in [6.45, 7) is 0. The molecular weight excluding hydrogens is 290 g/mol. The molecule has 21 heavy (non-hydrogen) atoms. The molecule has 0 atom stereocenters. The molecule has 0 amide bonds. The third-order valence-corrected chi connectivity index (χ3v) is 3.62. The Kier molecular flexibility index (Phi) is 3.72. The van der Waals surface area contributed by atoms with Crippen LogP contribution in [0.2, 0.25) is 5.02 Å². The van der Waals surface area contributed by atoms with Crippen LogP contribution in [0.15, 0.2) is 66.7 Å². The molecule has 0 spiro atoms. The Morgan fingerprint density at radius 3 is 1.71 bits per heavy atom. The first-order chi connectivity index (χ1) is 10.1. The number of hydrogen-bond donors (Lipinski definition) is 0. The first kappa shape index (κ1) is 13.8. The maximum Gasteiger partial charge on any atom is 0.123 e. The lowest BCUT2D eigenvalue weighted by atomic mass is 9.94. The van der Waals surface area contributed by atoms with Crippen LogP contribution in [0.3, 0.4) is 0 Å². The van der Waals surface area contributed by atoms with Crippen molar-refractivity contribution >= 4 is 11.6 Å². The molecule has 0 saturated heterocycles. The summed E-state index contributed by atoms with van der Waals surface area (Å²) in [5.74, 6) is -0.585. The van der Waals surface area contributed by atoms with E-state index in [1.165, 1.54) is 24.3 Å². The Bertz CT molecular complexity index is 762. The van der Waals surface area contributed by atoms with Crippen LogP contribution in [0, 0.1) is 11.6 Å². The van der Waals surface area contributed by atoms with Gasteiger partial charge in [-0.05, 0) is 47.0 Å². The summed E-state index contributed by atoms with van der Waals surface area (Å²) in [5.41, 5.74) is 3.37. The van der Waals surface area contributed by atoms with Gasteiger partial charge in [-0.1, -0.05) is 48.0 Å². The van der Waals surface area contributed by atoms with Crippen molar-refractivity contribution in [3.63, 3.8) is 0 Å². The fourth-order valence-corrected chi connectivity index (χ4v) is 2.59. The van der Waals surface area contributed by atoms with Crippen LogP contribution in [0.25, 0.3) is 22.3 Å². The van der Waals surface area contributed by atoms with Gasteiger partial charge in [0.15, 0.2) is 0 Å². The molecule has 0 N–H and O–H groups in total. The zero-order valence-electron chi connectivity index (χ0n) is 11.0. The van der Waals surface area contributed by atoms with E-state index in [1.54, 1.807) is 30.3 Å². The summed E-state index contributed by atoms with van der Waals surface area (Å²) in [7, 11) is 0. The summed E-state index contributed by atoms with van der Waals surface area (Å²) < 4.78 is 26.2. The second-order valence-electron chi connectivity index (χ2n) is 4.68. The molecular formula is C18H11ClF2. The molecule has 0 fully saturated rings. The quantitative estimate of drug-likeness (QED) is 0.548. The largest absolute Gasteiger partial charge is 0.207 e. The number of rotatable bonds is 2. The molecule has 0 heterocycles. The minimum absolute atomic E-state index is 0.288. The first-order valence-corrected chi connectivity index (χ1v) is 6.83. The van der Waals surface area contributed by atoms with E-state index in [2.05, 4.69) is 0 Å². The molecule has 0 unspecified atom stereocenters. The van der Waals surface area contributed by atoms with Crippen molar-refractivity contribution < 1.29 is 8.78 Å². The fourth-order valence-electron chi connectivity index (χ4n) is 2.30. The lowest BCUT2D eigenvalue weighted by Crippen LogP contribution is -1.87. The van der Waals surface area contributed by atoms with Gasteiger partial charge in [0.25, 0.3) is 0 Å². The highest BCUT2D eigenvalue weighted by Gasteiger charge is 2.11. The SMILES string of the molecule is Fc1ccc(-c2cccc(Cl)c2-c2ccc(F)cc2)cc1. The number of halogens is 3. The van der Waals surface area contributed by atoms with E-state index in [4.69, 9.17) is 11.6 Å². The van der Waals surface area contributed by atoms with E-state index in [9.17, 15) is 8.78 Å². The maximum absolute atomic E-state index is 13.1. The van der Waals surface area contributed by atoms with Gasteiger partial charge < -0.3 is 0 Å². The van der Waals surface area contributed by atoms with E-state index in [0.29, 0.717) is 5.02 Å². The smallest absolute Gasteiger partial charge is 0.123 e. The molecule has 0 aliphatic carbocycles. The van der Waals surface area contributed by atoms with Crippen molar-refractivity contribution in [2.45, 2.75) is 0 Å². The molecule has 0 nitrogen and oxygen atoms in total. The third-order valence-electron chi connectivity index (χ3n) is 3.30. The second kappa shape index (κ2) is 5.66. The monoisotopic (exact) mass is 300 g/mol. The average molecular weight is 301 g/mol. The van der Waals surface area contributed by atoms with E-state index in [1.807, 2.05) is 12.1 Å². The van der Waals surface area contributed by atoms with Crippen LogP contribution in [0.1, 0.15) is 0 Å². The van der Waals surface area contributed by atoms with Crippen LogP contribution < -0.4 is 0 Å². The Morgan fingerprint density at radius 1 is 0.619 bits per heavy atom. The van der Waals surface area contributed by atoms with E-state index in [0.717, 1.165) is 22.3 Å². The Labute approximate surface area is 126 Å². The van der Waals surface area contributed by atoms with E-state index < -0.39 is 0 Å². The van der Waals surface area contributed by atoms with Crippen molar-refractivity contribution in [2.75, 3.05) is 0 Å². The van der Waals surface area contributed by atoms with E-state index >= 15 is 0 Å². The van der Waals surface area contributed by atoms with E-state index in [-0.39, 0.29) is 11.6 Å². The van der Waals surface area contributed by atoms with Crippen LogP contribution in [0.4, 0.5) is 8.78 Å². The molecule has 3 heteroatoms. The highest BCUT2D eigenvalue weighted by Crippen LogP contribution is 2.37. The maximum atomic E-state index is 13.1. The molecule has 3 aromatic carbocycles. The van der Waals surface area contributed by atoms with Gasteiger partial charge in [-0.25, -0.2) is 8.78 Å². The van der Waals surface area contributed by atoms with Crippen LogP contribution in [0.5, 0.6) is 0 Å². The third kappa shape index (κ3) is 2.81. The zero-order chi connectivity index (χ0) is 14.8. The van der Waals surface area contributed by atoms with Gasteiger partial charge in [-0.15, -0.1) is 0 Å². The normalized spacial score (nSPS) is 10.6. The summed E-state index contributed by atoms with van der Waals surface area (Å²) in [6, 6.07) is 17.9. The summed E-state index contributed by atoms with van der Waals surface area (Å²) in [6.07, 6.45) is 0. The van der Waals surface area contributed by atoms with Gasteiger partial charge in [0, 0.05) is 10.6 Å². The molecule has 0 aliphatic heterocycles. The Morgan fingerprint density at radius 2 is 1.14 bits per heavy atom. The number of benzene rings is 3. The lowest BCUT2D eigenvalue weighted by Gasteiger charge is -2.12. The number of hydrogen-bond acceptors (Lipinski definition) is 0.